The van der Waals surface area contributed by atoms with Crippen LogP contribution in [-0.4, -0.2) is 10.3 Å². The molecule has 1 aromatic rings. The summed E-state index contributed by atoms with van der Waals surface area (Å²) in [6.07, 6.45) is 0. The third-order valence-electron chi connectivity index (χ3n) is 1.11. The van der Waals surface area contributed by atoms with Gasteiger partial charge in [-0.2, -0.15) is 0 Å². The molecule has 0 aliphatic heterocycles. The molecule has 0 atom stereocenters. The van der Waals surface area contributed by atoms with Crippen LogP contribution in [0.1, 0.15) is 25.1 Å². The molecule has 0 aromatic carbocycles. The van der Waals surface area contributed by atoms with Gasteiger partial charge in [-0.3, -0.25) is 0 Å². The molecule has 1 rings (SSSR count). The van der Waals surface area contributed by atoms with E-state index in [-0.39, 0.29) is 6.61 Å². The van der Waals surface area contributed by atoms with Gasteiger partial charge in [-0.25, -0.2) is 0 Å². The minimum absolute atomic E-state index is 0.0685. The van der Waals surface area contributed by atoms with Gasteiger partial charge in [-0.1, -0.05) is 19.0 Å². The standard InChI is InChI=1S/C5H6BrNO2.C2H6/c1-3-4(2-8)7-9-5(3)6;1-2/h8H,2H2,1H3;1-2H3. The third-order valence-corrected chi connectivity index (χ3v) is 1.85. The monoisotopic (exact) mass is 221 g/mol. The van der Waals surface area contributed by atoms with Crippen molar-refractivity contribution < 1.29 is 9.63 Å². The lowest BCUT2D eigenvalue weighted by Gasteiger charge is -1.84. The molecule has 0 aliphatic carbocycles. The van der Waals surface area contributed by atoms with Crippen LogP contribution < -0.4 is 0 Å². The van der Waals surface area contributed by atoms with Crippen LogP contribution in [0, 0.1) is 6.92 Å². The minimum Gasteiger partial charge on any atom is -0.390 e. The highest BCUT2D eigenvalue weighted by Gasteiger charge is 2.06. The fraction of sp³-hybridized carbons (Fsp3) is 0.571. The van der Waals surface area contributed by atoms with Crippen LogP contribution in [0.2, 0.25) is 0 Å². The van der Waals surface area contributed by atoms with Gasteiger partial charge in [0.05, 0.1) is 6.61 Å². The molecule has 0 amide bonds. The van der Waals surface area contributed by atoms with Crippen molar-refractivity contribution >= 4 is 15.9 Å². The Bertz CT molecular complexity index is 210. The largest absolute Gasteiger partial charge is 0.390 e. The Morgan fingerprint density at radius 1 is 1.55 bits per heavy atom. The van der Waals surface area contributed by atoms with Crippen LogP contribution in [0.4, 0.5) is 0 Å². The summed E-state index contributed by atoms with van der Waals surface area (Å²) in [4.78, 5) is 0. The highest BCUT2D eigenvalue weighted by atomic mass is 79.9. The molecule has 3 nitrogen and oxygen atoms in total. The number of rotatable bonds is 1. The summed E-state index contributed by atoms with van der Waals surface area (Å²) in [5.74, 6) is 0. The van der Waals surface area contributed by atoms with Gasteiger partial charge in [-0.15, -0.1) is 0 Å². The molecule has 0 saturated carbocycles. The van der Waals surface area contributed by atoms with Crippen molar-refractivity contribution in [2.24, 2.45) is 0 Å². The SMILES string of the molecule is CC.Cc1c(CO)noc1Br. The first kappa shape index (κ1) is 10.7. The van der Waals surface area contributed by atoms with Crippen LogP contribution in [0.15, 0.2) is 9.19 Å². The van der Waals surface area contributed by atoms with Crippen LogP contribution in [0.3, 0.4) is 0 Å². The summed E-state index contributed by atoms with van der Waals surface area (Å²) in [5, 5.41) is 12.2. The summed E-state index contributed by atoms with van der Waals surface area (Å²) in [7, 11) is 0. The Hall–Kier alpha value is -0.350. The number of nitrogens with zero attached hydrogens (tertiary/aromatic N) is 1. The zero-order valence-corrected chi connectivity index (χ0v) is 8.47. The molecule has 0 unspecified atom stereocenters. The molecule has 1 aromatic heterocycles. The molecule has 0 radical (unpaired) electrons. The molecule has 0 spiro atoms. The number of hydrogen-bond acceptors (Lipinski definition) is 3. The van der Waals surface area contributed by atoms with Crippen molar-refractivity contribution in [1.82, 2.24) is 5.16 Å². The molecule has 11 heavy (non-hydrogen) atoms. The van der Waals surface area contributed by atoms with E-state index in [2.05, 4.69) is 21.1 Å². The second kappa shape index (κ2) is 5.32. The lowest BCUT2D eigenvalue weighted by molar-refractivity contribution is 0.265. The first-order valence-corrected chi connectivity index (χ1v) is 4.26. The third kappa shape index (κ3) is 2.63. The average Bonchev–Trinajstić information content (AvgIpc) is 2.37. The molecular weight excluding hydrogens is 210 g/mol. The maximum absolute atomic E-state index is 8.59. The summed E-state index contributed by atoms with van der Waals surface area (Å²) in [6.45, 7) is 5.76. The van der Waals surface area contributed by atoms with Gasteiger partial charge in [-0.05, 0) is 22.9 Å². The number of aliphatic hydroxyl groups is 1. The van der Waals surface area contributed by atoms with Crippen molar-refractivity contribution in [2.75, 3.05) is 0 Å². The average molecular weight is 222 g/mol. The summed E-state index contributed by atoms with van der Waals surface area (Å²) < 4.78 is 5.28. The molecule has 0 fully saturated rings. The molecule has 0 bridgehead atoms. The van der Waals surface area contributed by atoms with Gasteiger partial charge in [0.25, 0.3) is 0 Å². The van der Waals surface area contributed by atoms with Crippen LogP contribution in [0.25, 0.3) is 0 Å². The number of hydrogen-bond donors (Lipinski definition) is 1. The fourth-order valence-electron chi connectivity index (χ4n) is 0.493. The van der Waals surface area contributed by atoms with Crippen LogP contribution >= 0.6 is 15.9 Å². The van der Waals surface area contributed by atoms with Gasteiger partial charge < -0.3 is 9.63 Å². The van der Waals surface area contributed by atoms with E-state index >= 15 is 0 Å². The molecular formula is C7H12BrNO2. The Kier molecular flexibility index (Phi) is 5.15. The van der Waals surface area contributed by atoms with Crippen molar-refractivity contribution in [3.8, 4) is 0 Å². The summed E-state index contributed by atoms with van der Waals surface area (Å²) >= 11 is 3.12. The van der Waals surface area contributed by atoms with E-state index in [4.69, 9.17) is 9.63 Å². The Morgan fingerprint density at radius 2 is 2.09 bits per heavy atom. The summed E-state index contributed by atoms with van der Waals surface area (Å²) in [5.41, 5.74) is 1.44. The van der Waals surface area contributed by atoms with Gasteiger partial charge in [0.15, 0.2) is 0 Å². The molecule has 0 aliphatic rings. The minimum atomic E-state index is -0.0685. The number of halogens is 1. The second-order valence-corrected chi connectivity index (χ2v) is 2.41. The number of aromatic nitrogens is 1. The van der Waals surface area contributed by atoms with Crippen LogP contribution in [0.5, 0.6) is 0 Å². The highest BCUT2D eigenvalue weighted by Crippen LogP contribution is 2.18. The Morgan fingerprint density at radius 3 is 2.27 bits per heavy atom. The maximum atomic E-state index is 8.59. The quantitative estimate of drug-likeness (QED) is 0.792. The molecule has 1 N–H and O–H groups in total. The normalized spacial score (nSPS) is 8.82. The van der Waals surface area contributed by atoms with Crippen molar-refractivity contribution in [3.05, 3.63) is 15.9 Å². The second-order valence-electron chi connectivity index (χ2n) is 1.69. The lowest BCUT2D eigenvalue weighted by atomic mass is 10.3. The van der Waals surface area contributed by atoms with E-state index in [1.54, 1.807) is 0 Å². The Balaban J connectivity index is 0.000000461. The molecule has 1 heterocycles. The van der Waals surface area contributed by atoms with E-state index in [1.807, 2.05) is 20.8 Å². The first-order chi connectivity index (χ1) is 5.25. The van der Waals surface area contributed by atoms with Crippen molar-refractivity contribution in [2.45, 2.75) is 27.4 Å². The molecule has 0 saturated heterocycles. The van der Waals surface area contributed by atoms with Gasteiger partial charge in [0, 0.05) is 5.56 Å². The first-order valence-electron chi connectivity index (χ1n) is 3.47. The predicted molar refractivity (Wildman–Crippen MR) is 46.2 cm³/mol. The predicted octanol–water partition coefficient (Wildman–Crippen LogP) is 2.26. The fourth-order valence-corrected chi connectivity index (χ4v) is 0.794. The van der Waals surface area contributed by atoms with E-state index in [9.17, 15) is 0 Å². The van der Waals surface area contributed by atoms with Gasteiger partial charge in [0.2, 0.25) is 4.67 Å². The highest BCUT2D eigenvalue weighted by molar-refractivity contribution is 9.10. The van der Waals surface area contributed by atoms with E-state index in [0.29, 0.717) is 10.4 Å². The topological polar surface area (TPSA) is 46.3 Å². The zero-order chi connectivity index (χ0) is 8.85. The zero-order valence-electron chi connectivity index (χ0n) is 6.89. The van der Waals surface area contributed by atoms with Gasteiger partial charge >= 0.3 is 0 Å². The van der Waals surface area contributed by atoms with E-state index < -0.39 is 0 Å². The molecule has 4 heteroatoms. The van der Waals surface area contributed by atoms with Crippen molar-refractivity contribution in [1.29, 1.82) is 0 Å². The van der Waals surface area contributed by atoms with E-state index in [0.717, 1.165) is 5.56 Å². The maximum Gasteiger partial charge on any atom is 0.205 e. The number of aliphatic hydroxyl groups excluding tert-OH is 1. The smallest absolute Gasteiger partial charge is 0.205 e. The van der Waals surface area contributed by atoms with Gasteiger partial charge in [0.1, 0.15) is 5.69 Å². The molecule has 64 valence electrons. The van der Waals surface area contributed by atoms with Crippen molar-refractivity contribution in [3.63, 3.8) is 0 Å². The van der Waals surface area contributed by atoms with Crippen LogP contribution in [-0.2, 0) is 6.61 Å². The summed E-state index contributed by atoms with van der Waals surface area (Å²) in [6, 6.07) is 0. The van der Waals surface area contributed by atoms with E-state index in [1.165, 1.54) is 0 Å². The Labute approximate surface area is 74.5 Å². The lowest BCUT2D eigenvalue weighted by Crippen LogP contribution is -1.83.